The van der Waals surface area contributed by atoms with Gasteiger partial charge in [0.05, 0.1) is 12.0 Å². The fourth-order valence-corrected chi connectivity index (χ4v) is 5.00. The Labute approximate surface area is 120 Å². The second-order valence-corrected chi connectivity index (χ2v) is 7.43. The number of carbonyl (C=O) groups excluding carboxylic acids is 1. The highest BCUT2D eigenvalue weighted by Gasteiger charge is 2.56. The van der Waals surface area contributed by atoms with Gasteiger partial charge in [-0.05, 0) is 56.3 Å². The first-order valence-electron chi connectivity index (χ1n) is 7.84. The van der Waals surface area contributed by atoms with Crippen molar-refractivity contribution in [1.29, 1.82) is 0 Å². The van der Waals surface area contributed by atoms with Gasteiger partial charge in [-0.1, -0.05) is 0 Å². The zero-order chi connectivity index (χ0) is 14.4. The van der Waals surface area contributed by atoms with E-state index in [0.29, 0.717) is 17.8 Å². The van der Waals surface area contributed by atoms with Crippen LogP contribution in [0.1, 0.15) is 51.9 Å². The number of carbonyl (C=O) groups is 1. The monoisotopic (exact) mass is 284 g/mol. The van der Waals surface area contributed by atoms with Crippen molar-refractivity contribution in [1.82, 2.24) is 0 Å². The van der Waals surface area contributed by atoms with E-state index in [-0.39, 0.29) is 24.4 Å². The van der Waals surface area contributed by atoms with Crippen LogP contribution in [0.5, 0.6) is 0 Å². The molecule has 0 spiro atoms. The van der Waals surface area contributed by atoms with Gasteiger partial charge in [0.25, 0.3) is 5.85 Å². The Morgan fingerprint density at radius 2 is 1.70 bits per heavy atom. The minimum absolute atomic E-state index is 0.0988. The minimum Gasteiger partial charge on any atom is -0.428 e. The van der Waals surface area contributed by atoms with E-state index in [4.69, 9.17) is 9.47 Å². The SMILES string of the molecule is COCCC(C)(F)OC(=O)C12CC3CC(CC(C3)C1)C2. The summed E-state index contributed by atoms with van der Waals surface area (Å²) in [5.41, 5.74) is -0.380. The maximum Gasteiger partial charge on any atom is 0.314 e. The number of hydrogen-bond donors (Lipinski definition) is 0. The lowest BCUT2D eigenvalue weighted by molar-refractivity contribution is -0.205. The Kier molecular flexibility index (Phi) is 3.56. The van der Waals surface area contributed by atoms with Crippen LogP contribution in [0.3, 0.4) is 0 Å². The van der Waals surface area contributed by atoms with Crippen molar-refractivity contribution in [2.45, 2.75) is 57.7 Å². The summed E-state index contributed by atoms with van der Waals surface area (Å²) in [6.45, 7) is 1.60. The van der Waals surface area contributed by atoms with Crippen molar-refractivity contribution in [2.24, 2.45) is 23.2 Å². The highest BCUT2D eigenvalue weighted by molar-refractivity contribution is 5.77. The molecule has 4 rings (SSSR count). The molecule has 0 aromatic heterocycles. The molecule has 4 saturated carbocycles. The lowest BCUT2D eigenvalue weighted by Gasteiger charge is -2.55. The predicted molar refractivity (Wildman–Crippen MR) is 72.7 cm³/mol. The van der Waals surface area contributed by atoms with Gasteiger partial charge in [0.2, 0.25) is 0 Å². The molecule has 0 aromatic rings. The molecule has 20 heavy (non-hydrogen) atoms. The predicted octanol–water partition coefficient (Wildman–Crippen LogP) is 3.47. The number of hydrogen-bond acceptors (Lipinski definition) is 3. The maximum absolute atomic E-state index is 14.3. The first-order chi connectivity index (χ1) is 9.42. The molecular weight excluding hydrogens is 259 g/mol. The zero-order valence-corrected chi connectivity index (χ0v) is 12.5. The van der Waals surface area contributed by atoms with Gasteiger partial charge >= 0.3 is 5.97 Å². The molecule has 3 nitrogen and oxygen atoms in total. The molecule has 114 valence electrons. The van der Waals surface area contributed by atoms with Crippen LogP contribution in [-0.2, 0) is 14.3 Å². The lowest BCUT2D eigenvalue weighted by atomic mass is 9.49. The quantitative estimate of drug-likeness (QED) is 0.725. The molecule has 0 aromatic carbocycles. The molecule has 4 aliphatic carbocycles. The molecule has 0 amide bonds. The van der Waals surface area contributed by atoms with E-state index in [1.807, 2.05) is 0 Å². The molecule has 4 bridgehead atoms. The lowest BCUT2D eigenvalue weighted by Crippen LogP contribution is -2.51. The van der Waals surface area contributed by atoms with Crippen molar-refractivity contribution < 1.29 is 18.7 Å². The summed E-state index contributed by atoms with van der Waals surface area (Å²) >= 11 is 0. The van der Waals surface area contributed by atoms with Crippen LogP contribution in [0.15, 0.2) is 0 Å². The van der Waals surface area contributed by atoms with Crippen LogP contribution < -0.4 is 0 Å². The molecule has 4 aliphatic rings. The number of ether oxygens (including phenoxy) is 2. The second-order valence-electron chi connectivity index (χ2n) is 7.43. The number of esters is 1. The average Bonchev–Trinajstić information content (AvgIpc) is 2.34. The van der Waals surface area contributed by atoms with E-state index in [1.54, 1.807) is 0 Å². The van der Waals surface area contributed by atoms with Gasteiger partial charge in [-0.25, -0.2) is 0 Å². The third kappa shape index (κ3) is 2.59. The third-order valence-electron chi connectivity index (χ3n) is 5.53. The van der Waals surface area contributed by atoms with Gasteiger partial charge < -0.3 is 9.47 Å². The number of halogens is 1. The topological polar surface area (TPSA) is 35.5 Å². The number of alkyl halides is 1. The van der Waals surface area contributed by atoms with Crippen molar-refractivity contribution in [3.8, 4) is 0 Å². The van der Waals surface area contributed by atoms with Crippen LogP contribution in [0.25, 0.3) is 0 Å². The standard InChI is InChI=1S/C16H25FO3/c1-15(17,3-4-19-2)20-14(18)16-8-11-5-12(9-16)7-13(6-11)10-16/h11-13H,3-10H2,1-2H3. The van der Waals surface area contributed by atoms with Gasteiger partial charge in [-0.3, -0.25) is 4.79 Å². The Bertz CT molecular complexity index is 356. The molecular formula is C16H25FO3. The highest BCUT2D eigenvalue weighted by Crippen LogP contribution is 2.60. The van der Waals surface area contributed by atoms with Gasteiger partial charge in [0.1, 0.15) is 0 Å². The van der Waals surface area contributed by atoms with Crippen LogP contribution in [0, 0.1) is 23.2 Å². The number of methoxy groups -OCH3 is 1. The average molecular weight is 284 g/mol. The minimum atomic E-state index is -1.91. The van der Waals surface area contributed by atoms with E-state index < -0.39 is 5.85 Å². The molecule has 0 N–H and O–H groups in total. The van der Waals surface area contributed by atoms with Gasteiger partial charge in [0, 0.05) is 20.5 Å². The molecule has 0 heterocycles. The summed E-state index contributed by atoms with van der Waals surface area (Å²) in [5, 5.41) is 0. The molecule has 0 saturated heterocycles. The summed E-state index contributed by atoms with van der Waals surface area (Å²) in [6, 6.07) is 0. The summed E-state index contributed by atoms with van der Waals surface area (Å²) in [6.07, 6.45) is 6.64. The summed E-state index contributed by atoms with van der Waals surface area (Å²) in [5.74, 6) is -0.204. The van der Waals surface area contributed by atoms with Crippen molar-refractivity contribution in [3.05, 3.63) is 0 Å². The van der Waals surface area contributed by atoms with E-state index in [2.05, 4.69) is 0 Å². The summed E-state index contributed by atoms with van der Waals surface area (Å²) in [7, 11) is 1.52. The normalized spacial score (nSPS) is 41.5. The Morgan fingerprint density at radius 1 is 1.20 bits per heavy atom. The molecule has 1 atom stereocenters. The van der Waals surface area contributed by atoms with Crippen molar-refractivity contribution in [2.75, 3.05) is 13.7 Å². The Balaban J connectivity index is 1.68. The third-order valence-corrected chi connectivity index (χ3v) is 5.53. The van der Waals surface area contributed by atoms with Gasteiger partial charge in [-0.15, -0.1) is 0 Å². The van der Waals surface area contributed by atoms with Crippen molar-refractivity contribution >= 4 is 5.97 Å². The van der Waals surface area contributed by atoms with Crippen molar-refractivity contribution in [3.63, 3.8) is 0 Å². The van der Waals surface area contributed by atoms with Gasteiger partial charge in [-0.2, -0.15) is 4.39 Å². The summed E-state index contributed by atoms with van der Waals surface area (Å²) < 4.78 is 24.4. The van der Waals surface area contributed by atoms with E-state index in [0.717, 1.165) is 19.3 Å². The Hall–Kier alpha value is -0.640. The smallest absolute Gasteiger partial charge is 0.314 e. The first-order valence-corrected chi connectivity index (χ1v) is 7.84. The fraction of sp³-hybridized carbons (Fsp3) is 0.938. The first kappa shape index (κ1) is 14.3. The van der Waals surface area contributed by atoms with Gasteiger partial charge in [0.15, 0.2) is 0 Å². The molecule has 0 radical (unpaired) electrons. The molecule has 1 unspecified atom stereocenters. The molecule has 4 fully saturated rings. The van der Waals surface area contributed by atoms with Crippen LogP contribution in [-0.4, -0.2) is 25.5 Å². The van der Waals surface area contributed by atoms with Crippen LogP contribution in [0.4, 0.5) is 4.39 Å². The van der Waals surface area contributed by atoms with Crippen LogP contribution in [0.2, 0.25) is 0 Å². The Morgan fingerprint density at radius 3 is 2.15 bits per heavy atom. The zero-order valence-electron chi connectivity index (χ0n) is 12.5. The highest BCUT2D eigenvalue weighted by atomic mass is 19.2. The van der Waals surface area contributed by atoms with E-state index >= 15 is 0 Å². The van der Waals surface area contributed by atoms with Crippen LogP contribution >= 0.6 is 0 Å². The largest absolute Gasteiger partial charge is 0.428 e. The number of rotatable bonds is 5. The second kappa shape index (κ2) is 4.97. The van der Waals surface area contributed by atoms with E-state index in [9.17, 15) is 9.18 Å². The maximum atomic E-state index is 14.3. The molecule has 0 aliphatic heterocycles. The van der Waals surface area contributed by atoms with E-state index in [1.165, 1.54) is 33.3 Å². The fourth-order valence-electron chi connectivity index (χ4n) is 5.00. The molecule has 4 heteroatoms. The summed E-state index contributed by atoms with van der Waals surface area (Å²) in [4.78, 5) is 12.6.